The highest BCUT2D eigenvalue weighted by atomic mass is 16.5. The van der Waals surface area contributed by atoms with Crippen molar-refractivity contribution in [2.75, 3.05) is 6.61 Å². The summed E-state index contributed by atoms with van der Waals surface area (Å²) in [6, 6.07) is 0. The van der Waals surface area contributed by atoms with E-state index in [4.69, 9.17) is 4.74 Å². The zero-order valence-corrected chi connectivity index (χ0v) is 14.7. The number of aliphatic hydroxyl groups is 3. The highest BCUT2D eigenvalue weighted by molar-refractivity contribution is 5.89. The Morgan fingerprint density at radius 3 is 1.82 bits per heavy atom. The van der Waals surface area contributed by atoms with Crippen molar-refractivity contribution in [3.05, 3.63) is 11.1 Å². The summed E-state index contributed by atoms with van der Waals surface area (Å²) in [7, 11) is 0. The van der Waals surface area contributed by atoms with Gasteiger partial charge in [0.25, 0.3) is 0 Å². The van der Waals surface area contributed by atoms with E-state index in [2.05, 4.69) is 0 Å². The summed E-state index contributed by atoms with van der Waals surface area (Å²) in [4.78, 5) is 11.9. The highest BCUT2D eigenvalue weighted by Gasteiger charge is 2.44. The van der Waals surface area contributed by atoms with Crippen LogP contribution in [0, 0.1) is 5.41 Å². The predicted molar refractivity (Wildman–Crippen MR) is 86.3 cm³/mol. The van der Waals surface area contributed by atoms with Gasteiger partial charge in [-0.1, -0.05) is 5.57 Å². The van der Waals surface area contributed by atoms with Gasteiger partial charge < -0.3 is 20.1 Å². The minimum Gasteiger partial charge on any atom is -0.463 e. The molecule has 0 aliphatic rings. The third kappa shape index (κ3) is 5.07. The summed E-state index contributed by atoms with van der Waals surface area (Å²) in [5.74, 6) is -0.320. The van der Waals surface area contributed by atoms with E-state index in [1.807, 2.05) is 13.8 Å². The van der Waals surface area contributed by atoms with E-state index in [0.717, 1.165) is 5.57 Å². The van der Waals surface area contributed by atoms with Gasteiger partial charge in [-0.2, -0.15) is 0 Å². The number of allylic oxidation sites excluding steroid dienone is 1. The van der Waals surface area contributed by atoms with Crippen LogP contribution in [0.5, 0.6) is 0 Å². The molecule has 0 fully saturated rings. The van der Waals surface area contributed by atoms with Crippen molar-refractivity contribution in [3.63, 3.8) is 0 Å². The lowest BCUT2D eigenvalue weighted by Gasteiger charge is -2.42. The Morgan fingerprint density at radius 2 is 1.50 bits per heavy atom. The number of rotatable bonds is 9. The summed E-state index contributed by atoms with van der Waals surface area (Å²) >= 11 is 0. The molecule has 5 heteroatoms. The van der Waals surface area contributed by atoms with Gasteiger partial charge in [0.2, 0.25) is 0 Å². The topological polar surface area (TPSA) is 87.0 Å². The number of aliphatic hydroxyl groups excluding tert-OH is 3. The minimum atomic E-state index is -0.999. The molecule has 0 aliphatic carbocycles. The molecule has 0 aromatic rings. The number of esters is 1. The van der Waals surface area contributed by atoms with Crippen molar-refractivity contribution >= 4 is 5.97 Å². The fourth-order valence-electron chi connectivity index (χ4n) is 3.02. The third-order valence-electron chi connectivity index (χ3n) is 4.50. The molecule has 0 saturated carbocycles. The van der Waals surface area contributed by atoms with E-state index < -0.39 is 23.7 Å². The molecule has 0 heterocycles. The molecular formula is C17H32O5. The molecule has 0 rings (SSSR count). The number of carbonyl (C=O) groups excluding carboxylic acids is 1. The average Bonchev–Trinajstić information content (AvgIpc) is 2.37. The monoisotopic (exact) mass is 316 g/mol. The van der Waals surface area contributed by atoms with E-state index in [9.17, 15) is 20.1 Å². The van der Waals surface area contributed by atoms with Crippen LogP contribution in [-0.4, -0.2) is 46.2 Å². The number of hydrogen-bond donors (Lipinski definition) is 3. The molecule has 0 bridgehead atoms. The number of carbonyl (C=O) groups is 1. The SMILES string of the molecule is CCOC(=O)C(CCCC(C(C)O)(C(C)O)C(C)O)=C(C)C. The molecule has 0 saturated heterocycles. The molecule has 130 valence electrons. The molecule has 0 radical (unpaired) electrons. The first-order chi connectivity index (χ1) is 10.1. The molecule has 0 aromatic carbocycles. The van der Waals surface area contributed by atoms with Gasteiger partial charge in [-0.05, 0) is 60.8 Å². The van der Waals surface area contributed by atoms with Crippen LogP contribution in [0.25, 0.3) is 0 Å². The van der Waals surface area contributed by atoms with E-state index >= 15 is 0 Å². The van der Waals surface area contributed by atoms with Crippen molar-refractivity contribution in [1.82, 2.24) is 0 Å². The van der Waals surface area contributed by atoms with Crippen molar-refractivity contribution in [1.29, 1.82) is 0 Å². The summed E-state index contributed by atoms with van der Waals surface area (Å²) in [6.45, 7) is 10.5. The first-order valence-electron chi connectivity index (χ1n) is 7.98. The Balaban J connectivity index is 5.02. The fourth-order valence-corrected chi connectivity index (χ4v) is 3.02. The normalized spacial score (nSPS) is 18.0. The fraction of sp³-hybridized carbons (Fsp3) is 0.824. The van der Waals surface area contributed by atoms with Crippen molar-refractivity contribution < 1.29 is 24.9 Å². The van der Waals surface area contributed by atoms with Gasteiger partial charge in [-0.15, -0.1) is 0 Å². The average molecular weight is 316 g/mol. The van der Waals surface area contributed by atoms with Crippen molar-refractivity contribution in [2.24, 2.45) is 5.41 Å². The van der Waals surface area contributed by atoms with Crippen LogP contribution in [0.15, 0.2) is 11.1 Å². The van der Waals surface area contributed by atoms with Crippen LogP contribution in [-0.2, 0) is 9.53 Å². The van der Waals surface area contributed by atoms with Crippen LogP contribution < -0.4 is 0 Å². The van der Waals surface area contributed by atoms with Gasteiger partial charge in [0.1, 0.15) is 0 Å². The Hall–Kier alpha value is -0.910. The van der Waals surface area contributed by atoms with Crippen LogP contribution in [0.4, 0.5) is 0 Å². The largest absolute Gasteiger partial charge is 0.463 e. The second-order valence-corrected chi connectivity index (χ2v) is 6.19. The minimum absolute atomic E-state index is 0.320. The zero-order chi connectivity index (χ0) is 17.5. The quantitative estimate of drug-likeness (QED) is 0.448. The molecule has 0 aromatic heterocycles. The Labute approximate surface area is 134 Å². The van der Waals surface area contributed by atoms with Crippen LogP contribution in [0.2, 0.25) is 0 Å². The maximum absolute atomic E-state index is 11.9. The van der Waals surface area contributed by atoms with Gasteiger partial charge in [0.15, 0.2) is 0 Å². The van der Waals surface area contributed by atoms with Crippen LogP contribution in [0.1, 0.15) is 60.8 Å². The lowest BCUT2D eigenvalue weighted by molar-refractivity contribution is -0.138. The maximum Gasteiger partial charge on any atom is 0.333 e. The second-order valence-electron chi connectivity index (χ2n) is 6.19. The number of hydrogen-bond acceptors (Lipinski definition) is 5. The molecule has 0 spiro atoms. The third-order valence-corrected chi connectivity index (χ3v) is 4.50. The Kier molecular flexibility index (Phi) is 8.89. The molecule has 0 amide bonds. The highest BCUT2D eigenvalue weighted by Crippen LogP contribution is 2.37. The molecule has 0 aliphatic heterocycles. The van der Waals surface area contributed by atoms with Gasteiger partial charge in [0, 0.05) is 11.0 Å². The van der Waals surface area contributed by atoms with Crippen molar-refractivity contribution in [2.45, 2.75) is 79.1 Å². The second kappa shape index (κ2) is 9.28. The molecule has 22 heavy (non-hydrogen) atoms. The summed E-state index contributed by atoms with van der Waals surface area (Å²) in [5, 5.41) is 30.1. The first-order valence-corrected chi connectivity index (χ1v) is 7.98. The van der Waals surface area contributed by atoms with Gasteiger partial charge in [-0.3, -0.25) is 0 Å². The smallest absolute Gasteiger partial charge is 0.333 e. The van der Waals surface area contributed by atoms with Crippen LogP contribution >= 0.6 is 0 Å². The predicted octanol–water partition coefficient (Wildman–Crippen LogP) is 2.18. The van der Waals surface area contributed by atoms with E-state index in [0.29, 0.717) is 31.4 Å². The molecule has 3 unspecified atom stereocenters. The van der Waals surface area contributed by atoms with Crippen molar-refractivity contribution in [3.8, 4) is 0 Å². The molecule has 3 atom stereocenters. The van der Waals surface area contributed by atoms with E-state index in [-0.39, 0.29) is 5.97 Å². The molecule has 5 nitrogen and oxygen atoms in total. The molecular weight excluding hydrogens is 284 g/mol. The maximum atomic E-state index is 11.9. The Bertz CT molecular complexity index is 357. The molecule has 3 N–H and O–H groups in total. The van der Waals surface area contributed by atoms with Gasteiger partial charge in [-0.25, -0.2) is 4.79 Å². The summed E-state index contributed by atoms with van der Waals surface area (Å²) in [6.07, 6.45) is -1.09. The van der Waals surface area contributed by atoms with Crippen LogP contribution in [0.3, 0.4) is 0 Å². The zero-order valence-electron chi connectivity index (χ0n) is 14.7. The van der Waals surface area contributed by atoms with Gasteiger partial charge >= 0.3 is 5.97 Å². The summed E-state index contributed by atoms with van der Waals surface area (Å²) < 4.78 is 5.05. The lowest BCUT2D eigenvalue weighted by Crippen LogP contribution is -2.50. The first kappa shape index (κ1) is 21.1. The van der Waals surface area contributed by atoms with E-state index in [1.54, 1.807) is 27.7 Å². The number of ether oxygens (including phenoxy) is 1. The van der Waals surface area contributed by atoms with Gasteiger partial charge in [0.05, 0.1) is 24.9 Å². The Morgan fingerprint density at radius 1 is 1.05 bits per heavy atom. The standard InChI is InChI=1S/C17H32O5/c1-7-22-16(21)15(11(2)3)9-8-10-17(12(4)18,13(5)19)14(6)20/h12-14,18-20H,7-10H2,1-6H3. The lowest BCUT2D eigenvalue weighted by atomic mass is 9.70. The summed E-state index contributed by atoms with van der Waals surface area (Å²) in [5.41, 5.74) is 0.522. The van der Waals surface area contributed by atoms with E-state index in [1.165, 1.54) is 0 Å².